The number of para-hydroxylation sites is 1. The van der Waals surface area contributed by atoms with E-state index in [-0.39, 0.29) is 18.6 Å². The molecule has 2 unspecified atom stereocenters. The molecule has 20 heavy (non-hydrogen) atoms. The molecule has 2 saturated heterocycles. The lowest BCUT2D eigenvalue weighted by Crippen LogP contribution is -2.52. The van der Waals surface area contributed by atoms with Gasteiger partial charge in [-0.25, -0.2) is 0 Å². The van der Waals surface area contributed by atoms with Crippen molar-refractivity contribution in [2.24, 2.45) is 5.92 Å². The largest absolute Gasteiger partial charge is 0.396 e. The van der Waals surface area contributed by atoms with Crippen LogP contribution in [0.15, 0.2) is 30.3 Å². The van der Waals surface area contributed by atoms with E-state index in [9.17, 15) is 9.90 Å². The molecule has 2 aliphatic heterocycles. The second-order valence-corrected chi connectivity index (χ2v) is 5.82. The molecule has 2 atom stereocenters. The quantitative estimate of drug-likeness (QED) is 0.908. The maximum absolute atomic E-state index is 12.7. The molecule has 4 heteroatoms. The van der Waals surface area contributed by atoms with Crippen LogP contribution in [0.4, 0.5) is 5.69 Å². The molecular formula is C16H22N2O2. The summed E-state index contributed by atoms with van der Waals surface area (Å²) in [7, 11) is 0. The molecule has 0 aromatic heterocycles. The highest BCUT2D eigenvalue weighted by molar-refractivity contribution is 5.97. The van der Waals surface area contributed by atoms with Gasteiger partial charge in [-0.05, 0) is 43.9 Å². The normalized spacial score (nSPS) is 28.1. The lowest BCUT2D eigenvalue weighted by atomic mass is 10.0. The van der Waals surface area contributed by atoms with Crippen molar-refractivity contribution in [2.45, 2.75) is 25.3 Å². The average Bonchev–Trinajstić information content (AvgIpc) is 2.97. The van der Waals surface area contributed by atoms with Crippen LogP contribution in [0, 0.1) is 5.92 Å². The topological polar surface area (TPSA) is 43.8 Å². The molecule has 0 radical (unpaired) electrons. The number of aliphatic hydroxyl groups excluding tert-OH is 1. The highest BCUT2D eigenvalue weighted by Crippen LogP contribution is 2.27. The van der Waals surface area contributed by atoms with Crippen LogP contribution in [0.1, 0.15) is 19.3 Å². The fraction of sp³-hybridized carbons (Fsp3) is 0.562. The Labute approximate surface area is 120 Å². The van der Waals surface area contributed by atoms with Crippen molar-refractivity contribution >= 4 is 11.6 Å². The minimum atomic E-state index is 0.000469. The molecule has 1 aromatic rings. The second-order valence-electron chi connectivity index (χ2n) is 5.82. The molecule has 2 aliphatic rings. The number of piperidine rings is 1. The third kappa shape index (κ3) is 2.58. The Kier molecular flexibility index (Phi) is 4.03. The number of hydrogen-bond donors (Lipinski definition) is 1. The summed E-state index contributed by atoms with van der Waals surface area (Å²) in [6.07, 6.45) is 3.00. The third-order valence-corrected chi connectivity index (χ3v) is 4.49. The zero-order valence-electron chi connectivity index (χ0n) is 11.7. The summed E-state index contributed by atoms with van der Waals surface area (Å²) >= 11 is 0. The van der Waals surface area contributed by atoms with E-state index in [4.69, 9.17) is 0 Å². The molecule has 0 saturated carbocycles. The van der Waals surface area contributed by atoms with Gasteiger partial charge in [0.05, 0.1) is 6.04 Å². The first-order valence-electron chi connectivity index (χ1n) is 7.51. The minimum Gasteiger partial charge on any atom is -0.396 e. The van der Waals surface area contributed by atoms with Crippen LogP contribution in [0.2, 0.25) is 0 Å². The van der Waals surface area contributed by atoms with Crippen molar-refractivity contribution in [1.82, 2.24) is 4.90 Å². The van der Waals surface area contributed by atoms with Gasteiger partial charge < -0.3 is 10.0 Å². The summed E-state index contributed by atoms with van der Waals surface area (Å²) in [5, 5.41) is 9.26. The first-order chi connectivity index (χ1) is 9.79. The lowest BCUT2D eigenvalue weighted by molar-refractivity contribution is -0.125. The highest BCUT2D eigenvalue weighted by atomic mass is 16.3. The number of carbonyl (C=O) groups is 1. The predicted octanol–water partition coefficient (Wildman–Crippen LogP) is 1.50. The van der Waals surface area contributed by atoms with E-state index < -0.39 is 0 Å². The standard InChI is InChI=1S/C16H22N2O2/c19-12-13-8-10-17(11-13)15-7-4-9-18(16(15)20)14-5-2-1-3-6-14/h1-3,5-6,13,15,19H,4,7-12H2. The fourth-order valence-electron chi connectivity index (χ4n) is 3.35. The molecule has 2 fully saturated rings. The molecule has 4 nitrogen and oxygen atoms in total. The zero-order chi connectivity index (χ0) is 13.9. The number of likely N-dealkylation sites (tertiary alicyclic amines) is 1. The summed E-state index contributed by atoms with van der Waals surface area (Å²) in [6, 6.07) is 9.93. The first-order valence-corrected chi connectivity index (χ1v) is 7.51. The monoisotopic (exact) mass is 274 g/mol. The molecule has 0 bridgehead atoms. The van der Waals surface area contributed by atoms with Gasteiger partial charge in [-0.2, -0.15) is 0 Å². The average molecular weight is 274 g/mol. The van der Waals surface area contributed by atoms with E-state index in [0.29, 0.717) is 5.92 Å². The number of benzene rings is 1. The van der Waals surface area contributed by atoms with Crippen molar-refractivity contribution in [3.63, 3.8) is 0 Å². The lowest BCUT2D eigenvalue weighted by Gasteiger charge is -2.36. The van der Waals surface area contributed by atoms with Gasteiger partial charge in [-0.1, -0.05) is 18.2 Å². The van der Waals surface area contributed by atoms with Gasteiger partial charge in [0.15, 0.2) is 0 Å². The summed E-state index contributed by atoms with van der Waals surface area (Å²) in [5.74, 6) is 0.566. The van der Waals surface area contributed by atoms with Gasteiger partial charge in [0.2, 0.25) is 5.91 Å². The van der Waals surface area contributed by atoms with Gasteiger partial charge >= 0.3 is 0 Å². The Morgan fingerprint density at radius 1 is 1.15 bits per heavy atom. The summed E-state index contributed by atoms with van der Waals surface area (Å²) in [6.45, 7) is 2.84. The van der Waals surface area contributed by atoms with E-state index in [2.05, 4.69) is 4.90 Å². The Hall–Kier alpha value is -1.39. The Balaban J connectivity index is 1.73. The molecule has 1 amide bonds. The SMILES string of the molecule is O=C1C(N2CCC(CO)C2)CCCN1c1ccccc1. The van der Waals surface area contributed by atoms with Gasteiger partial charge in [-0.15, -0.1) is 0 Å². The van der Waals surface area contributed by atoms with Crippen LogP contribution in [0.25, 0.3) is 0 Å². The van der Waals surface area contributed by atoms with Crippen molar-refractivity contribution in [3.8, 4) is 0 Å². The molecule has 3 rings (SSSR count). The summed E-state index contributed by atoms with van der Waals surface area (Å²) in [5.41, 5.74) is 1.00. The summed E-state index contributed by atoms with van der Waals surface area (Å²) in [4.78, 5) is 16.9. The van der Waals surface area contributed by atoms with Crippen LogP contribution in [0.5, 0.6) is 0 Å². The Bertz CT molecular complexity index is 463. The number of aliphatic hydroxyl groups is 1. The van der Waals surface area contributed by atoms with E-state index >= 15 is 0 Å². The van der Waals surface area contributed by atoms with Gasteiger partial charge in [-0.3, -0.25) is 9.69 Å². The minimum absolute atomic E-state index is 0.000469. The predicted molar refractivity (Wildman–Crippen MR) is 78.6 cm³/mol. The maximum atomic E-state index is 12.7. The van der Waals surface area contributed by atoms with Crippen molar-refractivity contribution in [3.05, 3.63) is 30.3 Å². The first kappa shape index (κ1) is 13.6. The molecule has 1 aromatic carbocycles. The van der Waals surface area contributed by atoms with Crippen molar-refractivity contribution in [2.75, 3.05) is 31.1 Å². The fourth-order valence-corrected chi connectivity index (χ4v) is 3.35. The Morgan fingerprint density at radius 3 is 2.65 bits per heavy atom. The number of carbonyl (C=O) groups excluding carboxylic acids is 1. The third-order valence-electron chi connectivity index (χ3n) is 4.49. The van der Waals surface area contributed by atoms with E-state index in [0.717, 1.165) is 44.6 Å². The number of anilines is 1. The number of nitrogens with zero attached hydrogens (tertiary/aromatic N) is 2. The highest BCUT2D eigenvalue weighted by Gasteiger charge is 2.37. The van der Waals surface area contributed by atoms with Gasteiger partial charge in [0.25, 0.3) is 0 Å². The molecular weight excluding hydrogens is 252 g/mol. The van der Waals surface area contributed by atoms with Crippen molar-refractivity contribution < 1.29 is 9.90 Å². The number of hydrogen-bond acceptors (Lipinski definition) is 3. The molecule has 0 spiro atoms. The number of rotatable bonds is 3. The molecule has 0 aliphatic carbocycles. The summed E-state index contributed by atoms with van der Waals surface area (Å²) < 4.78 is 0. The Morgan fingerprint density at radius 2 is 1.95 bits per heavy atom. The van der Waals surface area contributed by atoms with Crippen molar-refractivity contribution in [1.29, 1.82) is 0 Å². The molecule has 108 valence electrons. The van der Waals surface area contributed by atoms with E-state index in [1.165, 1.54) is 0 Å². The van der Waals surface area contributed by atoms with Crippen LogP contribution >= 0.6 is 0 Å². The molecule has 1 N–H and O–H groups in total. The van der Waals surface area contributed by atoms with Gasteiger partial charge in [0.1, 0.15) is 0 Å². The van der Waals surface area contributed by atoms with E-state index in [1.807, 2.05) is 35.2 Å². The maximum Gasteiger partial charge on any atom is 0.244 e. The van der Waals surface area contributed by atoms with Crippen LogP contribution in [0.3, 0.4) is 0 Å². The zero-order valence-corrected chi connectivity index (χ0v) is 11.7. The van der Waals surface area contributed by atoms with Crippen LogP contribution in [-0.2, 0) is 4.79 Å². The van der Waals surface area contributed by atoms with Crippen LogP contribution < -0.4 is 4.90 Å². The molecule has 2 heterocycles. The second kappa shape index (κ2) is 5.94. The smallest absolute Gasteiger partial charge is 0.244 e. The van der Waals surface area contributed by atoms with Gasteiger partial charge in [0, 0.05) is 25.4 Å². The van der Waals surface area contributed by atoms with E-state index in [1.54, 1.807) is 0 Å². The van der Waals surface area contributed by atoms with Crippen LogP contribution in [-0.4, -0.2) is 48.2 Å². The number of amides is 1.